The second-order valence-corrected chi connectivity index (χ2v) is 6.43. The molecule has 0 fully saturated rings. The fourth-order valence-electron chi connectivity index (χ4n) is 2.94. The van der Waals surface area contributed by atoms with Gasteiger partial charge >= 0.3 is 0 Å². The summed E-state index contributed by atoms with van der Waals surface area (Å²) in [6, 6.07) is 13.0. The molecule has 2 aromatic carbocycles. The predicted molar refractivity (Wildman–Crippen MR) is 98.2 cm³/mol. The first-order valence-corrected chi connectivity index (χ1v) is 9.07. The minimum absolute atomic E-state index is 0.0918. The topological polar surface area (TPSA) is 78.4 Å². The average Bonchev–Trinajstić information content (AvgIpc) is 2.72. The molecule has 27 heavy (non-hydrogen) atoms. The number of hydrogen-bond acceptors (Lipinski definition) is 7. The van der Waals surface area contributed by atoms with Crippen LogP contribution in [0.1, 0.15) is 0 Å². The molecule has 7 nitrogen and oxygen atoms in total. The van der Waals surface area contributed by atoms with Crippen molar-refractivity contribution in [2.75, 3.05) is 39.5 Å². The van der Waals surface area contributed by atoms with Gasteiger partial charge in [-0.1, -0.05) is 12.1 Å². The molecule has 0 bridgehead atoms. The summed E-state index contributed by atoms with van der Waals surface area (Å²) in [6.45, 7) is 2.71. The summed E-state index contributed by atoms with van der Waals surface area (Å²) in [5.41, 5.74) is 0. The first-order valence-electron chi connectivity index (χ1n) is 9.07. The third-order valence-electron chi connectivity index (χ3n) is 4.28. The van der Waals surface area contributed by atoms with E-state index >= 15 is 0 Å². The number of ether oxygens (including phenoxy) is 5. The summed E-state index contributed by atoms with van der Waals surface area (Å²) in [7, 11) is 0. The molecule has 4 rings (SSSR count). The maximum atomic E-state index is 10.1. The van der Waals surface area contributed by atoms with Crippen LogP contribution < -0.4 is 29.0 Å². The van der Waals surface area contributed by atoms with Gasteiger partial charge in [0.2, 0.25) is 0 Å². The molecule has 7 heteroatoms. The van der Waals surface area contributed by atoms with Gasteiger partial charge in [0.1, 0.15) is 44.4 Å². The smallest absolute Gasteiger partial charge is 0.165 e. The molecule has 2 aliphatic heterocycles. The van der Waals surface area contributed by atoms with Crippen LogP contribution in [-0.4, -0.2) is 56.8 Å². The minimum atomic E-state index is -0.644. The van der Waals surface area contributed by atoms with Crippen LogP contribution in [0.2, 0.25) is 0 Å². The number of rotatable bonds is 7. The summed E-state index contributed by atoms with van der Waals surface area (Å²) in [5.74, 6) is 3.53. The van der Waals surface area contributed by atoms with Crippen molar-refractivity contribution in [2.45, 2.75) is 12.2 Å². The van der Waals surface area contributed by atoms with E-state index in [4.69, 9.17) is 23.7 Å². The highest BCUT2D eigenvalue weighted by molar-refractivity contribution is 5.46. The Labute approximate surface area is 157 Å². The highest BCUT2D eigenvalue weighted by atomic mass is 16.6. The predicted octanol–water partition coefficient (Wildman–Crippen LogP) is 1.63. The molecule has 2 atom stereocenters. The lowest BCUT2D eigenvalue weighted by Gasteiger charge is -2.27. The Balaban J connectivity index is 1.18. The van der Waals surface area contributed by atoms with E-state index in [9.17, 15) is 5.11 Å². The lowest BCUT2D eigenvalue weighted by molar-refractivity contribution is 0.0777. The van der Waals surface area contributed by atoms with Gasteiger partial charge in [-0.2, -0.15) is 0 Å². The molecule has 0 amide bonds. The fourth-order valence-corrected chi connectivity index (χ4v) is 2.94. The molecule has 0 saturated heterocycles. The largest absolute Gasteiger partial charge is 0.491 e. The first-order chi connectivity index (χ1) is 13.3. The second kappa shape index (κ2) is 8.37. The third-order valence-corrected chi connectivity index (χ3v) is 4.28. The van der Waals surface area contributed by atoms with E-state index in [1.54, 1.807) is 12.1 Å². The van der Waals surface area contributed by atoms with Gasteiger partial charge in [-0.15, -0.1) is 0 Å². The molecular weight excluding hydrogens is 350 g/mol. The van der Waals surface area contributed by atoms with Crippen LogP contribution in [0.15, 0.2) is 42.5 Å². The van der Waals surface area contributed by atoms with Gasteiger partial charge in [0.15, 0.2) is 23.0 Å². The summed E-state index contributed by atoms with van der Waals surface area (Å²) in [6.07, 6.45) is -0.735. The van der Waals surface area contributed by atoms with Crippen molar-refractivity contribution >= 4 is 0 Å². The van der Waals surface area contributed by atoms with Crippen molar-refractivity contribution in [3.05, 3.63) is 42.5 Å². The fraction of sp³-hybridized carbons (Fsp3) is 0.400. The van der Waals surface area contributed by atoms with Crippen LogP contribution in [0.25, 0.3) is 0 Å². The van der Waals surface area contributed by atoms with E-state index in [0.29, 0.717) is 50.2 Å². The molecule has 0 aliphatic carbocycles. The van der Waals surface area contributed by atoms with E-state index < -0.39 is 6.10 Å². The SMILES string of the molecule is OC(CNCC1COc2ccccc2O1)COc1ccc2c(c1)OCCO2. The van der Waals surface area contributed by atoms with E-state index in [1.165, 1.54) is 0 Å². The lowest BCUT2D eigenvalue weighted by atomic mass is 10.2. The van der Waals surface area contributed by atoms with Gasteiger partial charge in [-0.3, -0.25) is 0 Å². The van der Waals surface area contributed by atoms with Crippen LogP contribution in [0, 0.1) is 0 Å². The number of para-hydroxylation sites is 2. The molecule has 2 unspecified atom stereocenters. The van der Waals surface area contributed by atoms with Gasteiger partial charge in [-0.25, -0.2) is 0 Å². The Morgan fingerprint density at radius 1 is 1.00 bits per heavy atom. The highest BCUT2D eigenvalue weighted by Crippen LogP contribution is 2.33. The monoisotopic (exact) mass is 373 g/mol. The van der Waals surface area contributed by atoms with Gasteiger partial charge in [0, 0.05) is 19.2 Å². The third kappa shape index (κ3) is 4.56. The zero-order valence-electron chi connectivity index (χ0n) is 14.9. The first kappa shape index (κ1) is 17.8. The van der Waals surface area contributed by atoms with Gasteiger partial charge in [-0.05, 0) is 24.3 Å². The zero-order chi connectivity index (χ0) is 18.5. The van der Waals surface area contributed by atoms with Crippen molar-refractivity contribution in [1.29, 1.82) is 0 Å². The van der Waals surface area contributed by atoms with Crippen molar-refractivity contribution in [2.24, 2.45) is 0 Å². The summed E-state index contributed by atoms with van der Waals surface area (Å²) in [4.78, 5) is 0. The molecular formula is C20H23NO6. The number of fused-ring (bicyclic) bond motifs is 2. The Hall–Kier alpha value is -2.64. The van der Waals surface area contributed by atoms with Crippen molar-refractivity contribution in [3.63, 3.8) is 0 Å². The Morgan fingerprint density at radius 2 is 1.78 bits per heavy atom. The summed E-state index contributed by atoms with van der Waals surface area (Å²) < 4.78 is 28.2. The lowest BCUT2D eigenvalue weighted by Crippen LogP contribution is -2.41. The molecule has 144 valence electrons. The van der Waals surface area contributed by atoms with Crippen LogP contribution >= 0.6 is 0 Å². The Bertz CT molecular complexity index is 768. The maximum absolute atomic E-state index is 10.1. The molecule has 2 heterocycles. The van der Waals surface area contributed by atoms with Crippen molar-refractivity contribution < 1.29 is 28.8 Å². The molecule has 0 saturated carbocycles. The van der Waals surface area contributed by atoms with E-state index in [-0.39, 0.29) is 12.7 Å². The molecule has 0 radical (unpaired) electrons. The summed E-state index contributed by atoms with van der Waals surface area (Å²) in [5, 5.41) is 13.3. The quantitative estimate of drug-likeness (QED) is 0.764. The maximum Gasteiger partial charge on any atom is 0.165 e. The zero-order valence-corrected chi connectivity index (χ0v) is 14.9. The number of benzene rings is 2. The summed E-state index contributed by atoms with van der Waals surface area (Å²) >= 11 is 0. The van der Waals surface area contributed by atoms with Crippen LogP contribution in [0.4, 0.5) is 0 Å². The van der Waals surface area contributed by atoms with E-state index in [2.05, 4.69) is 5.32 Å². The van der Waals surface area contributed by atoms with E-state index in [1.807, 2.05) is 30.3 Å². The second-order valence-electron chi connectivity index (χ2n) is 6.43. The van der Waals surface area contributed by atoms with Crippen LogP contribution in [-0.2, 0) is 0 Å². The minimum Gasteiger partial charge on any atom is -0.491 e. The van der Waals surface area contributed by atoms with Crippen molar-refractivity contribution in [1.82, 2.24) is 5.32 Å². The highest BCUT2D eigenvalue weighted by Gasteiger charge is 2.20. The molecule has 0 spiro atoms. The van der Waals surface area contributed by atoms with Crippen molar-refractivity contribution in [3.8, 4) is 28.7 Å². The van der Waals surface area contributed by atoms with Crippen LogP contribution in [0.5, 0.6) is 28.7 Å². The van der Waals surface area contributed by atoms with E-state index in [0.717, 1.165) is 11.5 Å². The standard InChI is InChI=1S/C20H23NO6/c22-14(12-25-15-5-6-18-20(9-15)24-8-7-23-18)10-21-11-16-13-26-17-3-1-2-4-19(17)27-16/h1-6,9,14,16,21-22H,7-8,10-13H2. The number of aliphatic hydroxyl groups excluding tert-OH is 1. The van der Waals surface area contributed by atoms with Crippen LogP contribution in [0.3, 0.4) is 0 Å². The molecule has 0 aromatic heterocycles. The molecule has 2 N–H and O–H groups in total. The average molecular weight is 373 g/mol. The number of aliphatic hydroxyl groups is 1. The van der Waals surface area contributed by atoms with Gasteiger partial charge in [0.05, 0.1) is 0 Å². The number of nitrogens with one attached hydrogen (secondary N) is 1. The Morgan fingerprint density at radius 3 is 2.67 bits per heavy atom. The molecule has 2 aliphatic rings. The Kier molecular flexibility index (Phi) is 5.50. The van der Waals surface area contributed by atoms with Gasteiger partial charge in [0.25, 0.3) is 0 Å². The normalized spacial score (nSPS) is 18.6. The number of hydrogen-bond donors (Lipinski definition) is 2. The van der Waals surface area contributed by atoms with Gasteiger partial charge < -0.3 is 34.1 Å². The molecule has 2 aromatic rings.